The lowest BCUT2D eigenvalue weighted by atomic mass is 11.3. The minimum atomic E-state index is -2.56. The highest BCUT2D eigenvalue weighted by atomic mass is 32.4. The van der Waals surface area contributed by atoms with Gasteiger partial charge in [0.05, 0.1) is 0 Å². The molecule has 0 amide bonds. The van der Waals surface area contributed by atoms with Crippen molar-refractivity contribution >= 4 is 30.0 Å². The molecule has 0 bridgehead atoms. The summed E-state index contributed by atoms with van der Waals surface area (Å²) in [6.45, 7) is 0. The molecular formula is C2H4O2P4. The second kappa shape index (κ2) is 2.72. The van der Waals surface area contributed by atoms with Crippen molar-refractivity contribution in [2.24, 2.45) is 0 Å². The average Bonchev–Trinajstić information content (AvgIpc) is 1.65. The Bertz CT molecular complexity index is 186. The van der Waals surface area contributed by atoms with Gasteiger partial charge in [-0.05, 0) is 27.1 Å². The molecule has 1 aliphatic heterocycles. The van der Waals surface area contributed by atoms with Gasteiger partial charge in [-0.1, -0.05) is 0 Å². The van der Waals surface area contributed by atoms with Crippen molar-refractivity contribution in [3.05, 3.63) is 11.6 Å². The highest BCUT2D eigenvalue weighted by Crippen LogP contribution is 2.60. The van der Waals surface area contributed by atoms with Crippen LogP contribution in [-0.4, -0.2) is 9.79 Å². The molecule has 0 unspecified atom stereocenters. The molecule has 2 N–H and O–H groups in total. The largest absolute Gasteiger partial charge is 0.347 e. The molecule has 8 heavy (non-hydrogen) atoms. The minimum Gasteiger partial charge on any atom is -0.347 e. The van der Waals surface area contributed by atoms with E-state index in [-0.39, 0.29) is 0 Å². The molecule has 44 valence electrons. The molecule has 2 nitrogen and oxygen atoms in total. The van der Waals surface area contributed by atoms with Gasteiger partial charge in [0.2, 0.25) is 0 Å². The summed E-state index contributed by atoms with van der Waals surface area (Å²) < 4.78 is 0. The molecule has 6 heteroatoms. The molecule has 1 heterocycles. The van der Waals surface area contributed by atoms with Crippen LogP contribution in [0.3, 0.4) is 0 Å². The average molecular weight is 184 g/mol. The summed E-state index contributed by atoms with van der Waals surface area (Å²) >= 11 is 0. The fourth-order valence-electron chi connectivity index (χ4n) is 0.261. The highest BCUT2D eigenvalue weighted by Gasteiger charge is 2.02. The van der Waals surface area contributed by atoms with Gasteiger partial charge in [0, 0.05) is 7.56 Å². The molecule has 0 saturated carbocycles. The van der Waals surface area contributed by atoms with Crippen molar-refractivity contribution in [1.29, 1.82) is 0 Å². The third-order valence-corrected chi connectivity index (χ3v) is 10.4. The van der Waals surface area contributed by atoms with Crippen molar-refractivity contribution in [3.63, 3.8) is 0 Å². The van der Waals surface area contributed by atoms with E-state index in [0.717, 1.165) is 15.1 Å². The van der Waals surface area contributed by atoms with Gasteiger partial charge in [0.15, 0.2) is 7.00 Å². The Balaban J connectivity index is 3.00. The third kappa shape index (κ3) is 2.08. The van der Waals surface area contributed by atoms with Crippen molar-refractivity contribution in [2.45, 2.75) is 0 Å². The Morgan fingerprint density at radius 1 is 1.38 bits per heavy atom. The van der Waals surface area contributed by atoms with Crippen molar-refractivity contribution in [3.8, 4) is 0 Å². The van der Waals surface area contributed by atoms with E-state index in [1.165, 1.54) is 13.7 Å². The Morgan fingerprint density at radius 3 is 2.38 bits per heavy atom. The van der Waals surface area contributed by atoms with Crippen molar-refractivity contribution in [2.75, 3.05) is 0 Å². The Hall–Kier alpha value is 0.990. The van der Waals surface area contributed by atoms with Crippen LogP contribution in [0.5, 0.6) is 0 Å². The van der Waals surface area contributed by atoms with Gasteiger partial charge in [-0.25, -0.2) is 0 Å². The van der Waals surface area contributed by atoms with Gasteiger partial charge < -0.3 is 9.79 Å². The quantitative estimate of drug-likeness (QED) is 0.568. The predicted octanol–water partition coefficient (Wildman–Crippen LogP) is 2.89. The second-order valence-corrected chi connectivity index (χ2v) is 10.4. The van der Waals surface area contributed by atoms with Crippen LogP contribution in [0.15, 0.2) is 11.6 Å². The number of hydrogen-bond donors (Lipinski definition) is 2. The summed E-state index contributed by atoms with van der Waals surface area (Å²) in [6, 6.07) is 0. The zero-order chi connectivity index (χ0) is 6.04. The van der Waals surface area contributed by atoms with E-state index in [1.807, 2.05) is 0 Å². The zero-order valence-electron chi connectivity index (χ0n) is 3.84. The smallest absolute Gasteiger partial charge is 0.173 e. The van der Waals surface area contributed by atoms with Crippen molar-refractivity contribution in [1.82, 2.24) is 0 Å². The maximum absolute atomic E-state index is 8.93. The van der Waals surface area contributed by atoms with Gasteiger partial charge in [-0.15, -0.1) is 0 Å². The maximum Gasteiger partial charge on any atom is 0.173 e. The topological polar surface area (TPSA) is 40.5 Å². The molecular weight excluding hydrogens is 180 g/mol. The van der Waals surface area contributed by atoms with E-state index >= 15 is 0 Å². The first kappa shape index (κ1) is 7.10. The van der Waals surface area contributed by atoms with Gasteiger partial charge in [0.1, 0.15) is 0 Å². The molecule has 0 atom stereocenters. The molecule has 1 rings (SSSR count). The Labute approximate surface area is 52.1 Å². The lowest BCUT2D eigenvalue weighted by Gasteiger charge is -2.02. The van der Waals surface area contributed by atoms with Gasteiger partial charge in [-0.3, -0.25) is 0 Å². The Kier molecular flexibility index (Phi) is 2.41. The van der Waals surface area contributed by atoms with Crippen molar-refractivity contribution < 1.29 is 9.79 Å². The zero-order valence-corrected chi connectivity index (χ0v) is 7.42. The van der Waals surface area contributed by atoms with Gasteiger partial charge in [0.25, 0.3) is 0 Å². The number of hydrogen-bond acceptors (Lipinski definition) is 0. The summed E-state index contributed by atoms with van der Waals surface area (Å²) in [6.07, 6.45) is 0. The van der Waals surface area contributed by atoms with E-state index in [4.69, 9.17) is 9.79 Å². The lowest BCUT2D eigenvalue weighted by molar-refractivity contribution is 0.492. The van der Waals surface area contributed by atoms with E-state index in [0.29, 0.717) is 0 Å². The standard InChI is InChI=1S/C2H4O2P4/c3-8(4)2-1-5-6-7-8/h1-4H. The summed E-state index contributed by atoms with van der Waals surface area (Å²) in [5, 5.41) is 0. The molecule has 0 saturated heterocycles. The minimum absolute atomic E-state index is 0.770. The normalized spacial score (nSPS) is 28.8. The number of rotatable bonds is 0. The van der Waals surface area contributed by atoms with Crippen LogP contribution in [0.25, 0.3) is 0 Å². The van der Waals surface area contributed by atoms with Crippen LogP contribution in [0.2, 0.25) is 0 Å². The maximum atomic E-state index is 8.93. The molecule has 0 spiro atoms. The van der Waals surface area contributed by atoms with Gasteiger partial charge in [-0.2, -0.15) is 0 Å². The van der Waals surface area contributed by atoms with E-state index in [2.05, 4.69) is 0 Å². The fraction of sp³-hybridized carbons (Fsp3) is 0. The summed E-state index contributed by atoms with van der Waals surface area (Å²) in [5.41, 5.74) is 0. The van der Waals surface area contributed by atoms with Crippen LogP contribution >= 0.6 is 30.0 Å². The monoisotopic (exact) mass is 184 g/mol. The molecule has 0 fully saturated rings. The van der Waals surface area contributed by atoms with Gasteiger partial charge >= 0.3 is 0 Å². The summed E-state index contributed by atoms with van der Waals surface area (Å²) in [7, 11) is 0.460. The molecule has 0 aromatic carbocycles. The third-order valence-electron chi connectivity index (χ3n) is 0.557. The van der Waals surface area contributed by atoms with Crippen LogP contribution in [0.4, 0.5) is 0 Å². The molecule has 0 aliphatic carbocycles. The van der Waals surface area contributed by atoms with E-state index in [9.17, 15) is 0 Å². The first-order chi connectivity index (χ1) is 3.71. The van der Waals surface area contributed by atoms with Crippen LogP contribution in [0.1, 0.15) is 0 Å². The molecule has 1 aliphatic rings. The SMILES string of the molecule is OP1(O)=PP=PC=C1. The first-order valence-corrected chi connectivity index (χ1v) is 8.48. The van der Waals surface area contributed by atoms with Crippen LogP contribution in [-0.2, 0) is 0 Å². The second-order valence-electron chi connectivity index (χ2n) is 1.21. The van der Waals surface area contributed by atoms with Crippen LogP contribution in [0, 0.1) is 0 Å². The first-order valence-electron chi connectivity index (χ1n) is 1.85. The highest BCUT2D eigenvalue weighted by molar-refractivity contribution is 8.39. The predicted molar refractivity (Wildman–Crippen MR) is 41.3 cm³/mol. The van der Waals surface area contributed by atoms with Crippen LogP contribution < -0.4 is 0 Å². The summed E-state index contributed by atoms with van der Waals surface area (Å²) in [4.78, 5) is 17.9. The fourth-order valence-corrected chi connectivity index (χ4v) is 10.4. The van der Waals surface area contributed by atoms with E-state index < -0.39 is 7.00 Å². The van der Waals surface area contributed by atoms with E-state index in [1.54, 1.807) is 5.82 Å². The lowest BCUT2D eigenvalue weighted by Crippen LogP contribution is -1.62. The molecule has 0 aromatic rings. The summed E-state index contributed by atoms with van der Waals surface area (Å²) in [5.74, 6) is 3.32. The molecule has 0 aromatic heterocycles. The Morgan fingerprint density at radius 2 is 2.12 bits per heavy atom. The molecule has 0 radical (unpaired) electrons.